The molecule has 10 nitrogen and oxygen atoms in total. The van der Waals surface area contributed by atoms with E-state index in [1.807, 2.05) is 0 Å². The van der Waals surface area contributed by atoms with E-state index < -0.39 is 0 Å². The monoisotopic (exact) mass is 382 g/mol. The maximum absolute atomic E-state index is 9.32. The van der Waals surface area contributed by atoms with Gasteiger partial charge >= 0.3 is 0 Å². The summed E-state index contributed by atoms with van der Waals surface area (Å²) in [7, 11) is 0. The van der Waals surface area contributed by atoms with Crippen molar-refractivity contribution in [2.75, 3.05) is 0 Å². The van der Waals surface area contributed by atoms with Gasteiger partial charge in [-0.15, -0.1) is 12.8 Å². The van der Waals surface area contributed by atoms with Crippen molar-refractivity contribution >= 4 is 33.1 Å². The van der Waals surface area contributed by atoms with Crippen molar-refractivity contribution in [1.29, 1.82) is 21.0 Å². The summed E-state index contributed by atoms with van der Waals surface area (Å²) >= 11 is 0. The van der Waals surface area contributed by atoms with E-state index in [0.717, 1.165) is 0 Å². The van der Waals surface area contributed by atoms with E-state index >= 15 is 0 Å². The van der Waals surface area contributed by atoms with Crippen molar-refractivity contribution in [3.8, 4) is 49.0 Å². The van der Waals surface area contributed by atoms with Gasteiger partial charge in [-0.1, -0.05) is 0 Å². The van der Waals surface area contributed by atoms with E-state index in [1.165, 1.54) is 0 Å². The maximum Gasteiger partial charge on any atom is 0.177 e. The first-order chi connectivity index (χ1) is 14.6. The number of fused-ring (bicyclic) bond motifs is 6. The molecular formula is C20H2N10. The van der Waals surface area contributed by atoms with Gasteiger partial charge in [-0.2, -0.15) is 21.0 Å². The van der Waals surface area contributed by atoms with E-state index in [2.05, 4.69) is 41.7 Å². The summed E-state index contributed by atoms with van der Waals surface area (Å²) < 4.78 is 0. The van der Waals surface area contributed by atoms with Crippen LogP contribution in [0.25, 0.3) is 33.1 Å². The molecule has 0 aliphatic rings. The Morgan fingerprint density at radius 1 is 0.400 bits per heavy atom. The van der Waals surface area contributed by atoms with Gasteiger partial charge in [0.15, 0.2) is 22.8 Å². The summed E-state index contributed by atoms with van der Waals surface area (Å²) in [6.07, 6.45) is 10.9. The molecule has 1 aromatic carbocycles. The molecule has 0 bridgehead atoms. The highest BCUT2D eigenvalue weighted by Crippen LogP contribution is 2.30. The summed E-state index contributed by atoms with van der Waals surface area (Å²) in [5.41, 5.74) is -0.403. The number of terminal acetylenes is 2. The van der Waals surface area contributed by atoms with Gasteiger partial charge in [0.2, 0.25) is 0 Å². The molecule has 0 atom stereocenters. The van der Waals surface area contributed by atoms with Gasteiger partial charge in [-0.25, -0.2) is 29.9 Å². The maximum atomic E-state index is 9.32. The summed E-state index contributed by atoms with van der Waals surface area (Å²) in [5.74, 6) is 4.66. The predicted molar refractivity (Wildman–Crippen MR) is 100 cm³/mol. The van der Waals surface area contributed by atoms with E-state index in [4.69, 9.17) is 12.8 Å². The van der Waals surface area contributed by atoms with Crippen LogP contribution in [0.4, 0.5) is 0 Å². The lowest BCUT2D eigenvalue weighted by molar-refractivity contribution is 1.16. The lowest BCUT2D eigenvalue weighted by Gasteiger charge is -2.09. The third kappa shape index (κ3) is 2.31. The Kier molecular flexibility index (Phi) is 3.83. The normalized spacial score (nSPS) is 9.80. The molecule has 0 unspecified atom stereocenters. The first-order valence-corrected chi connectivity index (χ1v) is 7.91. The smallest absolute Gasteiger partial charge is 0.177 e. The number of hydrogen-bond acceptors (Lipinski definition) is 10. The van der Waals surface area contributed by atoms with Crippen molar-refractivity contribution in [3.63, 3.8) is 0 Å². The van der Waals surface area contributed by atoms with Crippen LogP contribution in [-0.2, 0) is 0 Å². The van der Waals surface area contributed by atoms with Gasteiger partial charge in [0, 0.05) is 0 Å². The Balaban J connectivity index is 2.42. The molecule has 0 N–H and O–H groups in total. The van der Waals surface area contributed by atoms with Gasteiger partial charge in [0.05, 0.1) is 0 Å². The van der Waals surface area contributed by atoms with Gasteiger partial charge in [0.25, 0.3) is 0 Å². The molecule has 0 saturated carbocycles. The van der Waals surface area contributed by atoms with Crippen LogP contribution in [0.15, 0.2) is 0 Å². The first-order valence-electron chi connectivity index (χ1n) is 7.91. The molecule has 0 saturated heterocycles. The summed E-state index contributed by atoms with van der Waals surface area (Å²) in [6.45, 7) is 0. The third-order valence-electron chi connectivity index (χ3n) is 4.06. The van der Waals surface area contributed by atoms with Crippen molar-refractivity contribution in [1.82, 2.24) is 29.9 Å². The van der Waals surface area contributed by atoms with Crippen LogP contribution >= 0.6 is 0 Å². The predicted octanol–water partition coefficient (Wildman–Crippen LogP) is 0.966. The molecule has 0 amide bonds. The molecule has 0 radical (unpaired) electrons. The molecule has 3 aromatic heterocycles. The van der Waals surface area contributed by atoms with Crippen LogP contribution in [0.5, 0.6) is 0 Å². The summed E-state index contributed by atoms with van der Waals surface area (Å²) in [5, 5.41) is 37.3. The van der Waals surface area contributed by atoms with Gasteiger partial charge in [-0.05, 0) is 11.8 Å². The highest BCUT2D eigenvalue weighted by Gasteiger charge is 2.22. The summed E-state index contributed by atoms with van der Waals surface area (Å²) in [4.78, 5) is 25.4. The van der Waals surface area contributed by atoms with Crippen molar-refractivity contribution in [2.45, 2.75) is 0 Å². The SMILES string of the molecule is C#Cc1nc2c(nc1C#C)c1nc(C#N)c(C#N)nc1c1nc(C#N)c(C#N)nc21. The van der Waals surface area contributed by atoms with E-state index in [1.54, 1.807) is 24.3 Å². The second-order valence-corrected chi connectivity index (χ2v) is 5.59. The van der Waals surface area contributed by atoms with Crippen LogP contribution in [0.1, 0.15) is 34.2 Å². The van der Waals surface area contributed by atoms with Crippen molar-refractivity contribution < 1.29 is 0 Å². The standard InChI is InChI=1S/C20H2N10/c1-3-9-10(4-2)26-16-15(25-9)17-19(29-13(7-23)11(5-21)27-17)20-18(16)28-12(6-22)14(8-24)30-20/h1-2H. The van der Waals surface area contributed by atoms with Gasteiger partial charge in [-0.3, -0.25) is 0 Å². The second-order valence-electron chi connectivity index (χ2n) is 5.59. The minimum atomic E-state index is -0.249. The van der Waals surface area contributed by atoms with Crippen LogP contribution in [-0.4, -0.2) is 29.9 Å². The van der Waals surface area contributed by atoms with E-state index in [0.29, 0.717) is 0 Å². The molecule has 132 valence electrons. The fraction of sp³-hybridized carbons (Fsp3) is 0. The molecule has 30 heavy (non-hydrogen) atoms. The highest BCUT2D eigenvalue weighted by molar-refractivity contribution is 6.18. The number of nitrogens with zero attached hydrogens (tertiary/aromatic N) is 10. The van der Waals surface area contributed by atoms with Gasteiger partial charge < -0.3 is 0 Å². The Bertz CT molecular complexity index is 1350. The lowest BCUT2D eigenvalue weighted by Crippen LogP contribution is -2.05. The average Bonchev–Trinajstić information content (AvgIpc) is 2.81. The first kappa shape index (κ1) is 17.7. The van der Waals surface area contributed by atoms with Crippen molar-refractivity contribution in [3.05, 3.63) is 34.2 Å². The topological polar surface area (TPSA) is 172 Å². The number of benzene rings is 1. The Morgan fingerprint density at radius 2 is 0.600 bits per heavy atom. The second kappa shape index (κ2) is 6.49. The van der Waals surface area contributed by atoms with Crippen LogP contribution < -0.4 is 0 Å². The Morgan fingerprint density at radius 3 is 0.767 bits per heavy atom. The number of aromatic nitrogens is 6. The molecule has 10 heteroatoms. The molecule has 0 spiro atoms. The average molecular weight is 382 g/mol. The lowest BCUT2D eigenvalue weighted by atomic mass is 10.1. The fourth-order valence-corrected chi connectivity index (χ4v) is 2.81. The number of hydrogen-bond donors (Lipinski definition) is 0. The van der Waals surface area contributed by atoms with Gasteiger partial charge in [0.1, 0.15) is 68.8 Å². The quantitative estimate of drug-likeness (QED) is 0.315. The van der Waals surface area contributed by atoms with E-state index in [9.17, 15) is 21.0 Å². The molecule has 0 aliphatic heterocycles. The highest BCUT2D eigenvalue weighted by atomic mass is 14.9. The zero-order chi connectivity index (χ0) is 21.4. The Hall–Kier alpha value is -5.68. The molecular weight excluding hydrogens is 380 g/mol. The molecule has 3 heterocycles. The number of nitriles is 4. The Labute approximate surface area is 167 Å². The zero-order valence-corrected chi connectivity index (χ0v) is 14.6. The molecule has 4 rings (SSSR count). The zero-order valence-electron chi connectivity index (χ0n) is 14.6. The van der Waals surface area contributed by atoms with Crippen LogP contribution in [0.2, 0.25) is 0 Å². The molecule has 0 fully saturated rings. The van der Waals surface area contributed by atoms with Crippen LogP contribution in [0, 0.1) is 70.0 Å². The third-order valence-corrected chi connectivity index (χ3v) is 4.06. The minimum Gasteiger partial charge on any atom is -0.232 e. The van der Waals surface area contributed by atoms with Crippen LogP contribution in [0.3, 0.4) is 0 Å². The molecule has 0 aliphatic carbocycles. The van der Waals surface area contributed by atoms with Crippen molar-refractivity contribution in [2.24, 2.45) is 0 Å². The summed E-state index contributed by atoms with van der Waals surface area (Å²) in [6, 6.07) is 7.16. The number of rotatable bonds is 0. The minimum absolute atomic E-state index is 0.0484. The van der Waals surface area contributed by atoms with E-state index in [-0.39, 0.29) is 67.3 Å². The fourth-order valence-electron chi connectivity index (χ4n) is 2.81. The molecule has 4 aromatic rings. The largest absolute Gasteiger partial charge is 0.232 e.